The standard InChI is InChI=1S/C43H83NO19S2/c45-42(4-2-1-3-41-6-40-64-65-41)44-7-9-49-11-13-51-15-17-53-19-21-55-23-25-57-27-29-59-31-33-61-35-37-63-39-38-62-36-34-60-32-30-58-28-26-56-24-22-54-20-18-52-16-14-50-12-10-48-8-5-43(46)47/h41H,1-40H2,(H,44,45)(H,46,47)/t41-/m1/s1. The van der Waals surface area contributed by atoms with Gasteiger partial charge in [0.1, 0.15) is 0 Å². The molecule has 0 aromatic carbocycles. The quantitative estimate of drug-likeness (QED) is 0.0662. The summed E-state index contributed by atoms with van der Waals surface area (Å²) >= 11 is 0. The zero-order chi connectivity index (χ0) is 46.5. The van der Waals surface area contributed by atoms with E-state index in [1.165, 1.54) is 18.6 Å². The molecule has 0 unspecified atom stereocenters. The Labute approximate surface area is 395 Å². The van der Waals surface area contributed by atoms with E-state index in [0.29, 0.717) is 218 Å². The van der Waals surface area contributed by atoms with Crippen LogP contribution in [-0.2, 0) is 85.4 Å². The molecule has 0 aromatic heterocycles. The number of unbranched alkanes of at least 4 members (excludes halogenated alkanes) is 1. The van der Waals surface area contributed by atoms with Gasteiger partial charge in [-0.3, -0.25) is 9.59 Å². The number of ether oxygens (including phenoxy) is 16. The first-order valence-electron chi connectivity index (χ1n) is 23.2. The van der Waals surface area contributed by atoms with E-state index in [2.05, 4.69) is 5.32 Å². The van der Waals surface area contributed by atoms with Crippen LogP contribution in [0.1, 0.15) is 38.5 Å². The Morgan fingerprint density at radius 3 is 0.923 bits per heavy atom. The molecule has 0 bridgehead atoms. The average Bonchev–Trinajstić information content (AvgIpc) is 3.83. The Balaban J connectivity index is 1.60. The van der Waals surface area contributed by atoms with Crippen molar-refractivity contribution in [2.75, 3.05) is 224 Å². The van der Waals surface area contributed by atoms with Crippen molar-refractivity contribution >= 4 is 33.5 Å². The number of rotatable bonds is 56. The van der Waals surface area contributed by atoms with Gasteiger partial charge in [0.25, 0.3) is 0 Å². The first kappa shape index (κ1) is 62.0. The average molecular weight is 982 g/mol. The molecule has 1 amide bonds. The SMILES string of the molecule is O=C(O)CCOCCOCCOCCOCCOCCOCCOCCOCCOCCOCCOCCOCCOCCOCCOCCOCCNC(=O)CCCC[C@@H]1CCSS1. The lowest BCUT2D eigenvalue weighted by molar-refractivity contribution is -0.138. The van der Waals surface area contributed by atoms with Crippen molar-refractivity contribution in [3.8, 4) is 0 Å². The number of hydrogen-bond acceptors (Lipinski definition) is 20. The van der Waals surface area contributed by atoms with Crippen molar-refractivity contribution in [2.24, 2.45) is 0 Å². The van der Waals surface area contributed by atoms with Crippen LogP contribution in [-0.4, -0.2) is 246 Å². The zero-order valence-corrected chi connectivity index (χ0v) is 40.6. The van der Waals surface area contributed by atoms with Gasteiger partial charge in [0.2, 0.25) is 5.91 Å². The number of hydrogen-bond donors (Lipinski definition) is 2. The van der Waals surface area contributed by atoms with Crippen LogP contribution in [0.15, 0.2) is 0 Å². The topological polar surface area (TPSA) is 214 Å². The summed E-state index contributed by atoms with van der Waals surface area (Å²) in [5.41, 5.74) is 0. The second-order valence-corrected chi connectivity index (χ2v) is 16.7. The summed E-state index contributed by atoms with van der Waals surface area (Å²) in [6.45, 7) is 15.4. The van der Waals surface area contributed by atoms with Crippen molar-refractivity contribution in [3.05, 3.63) is 0 Å². The minimum Gasteiger partial charge on any atom is -0.481 e. The number of amides is 1. The van der Waals surface area contributed by atoms with Gasteiger partial charge in [-0.25, -0.2) is 0 Å². The number of carboxylic acids is 1. The molecule has 0 aromatic rings. The summed E-state index contributed by atoms with van der Waals surface area (Å²) in [6, 6.07) is 0. The third-order valence-electron chi connectivity index (χ3n) is 8.52. The fourth-order valence-electron chi connectivity index (χ4n) is 5.13. The second kappa shape index (κ2) is 53.9. The maximum Gasteiger partial charge on any atom is 0.305 e. The van der Waals surface area contributed by atoms with Crippen LogP contribution in [0.2, 0.25) is 0 Å². The molecule has 1 aliphatic rings. The normalized spacial score (nSPS) is 13.9. The lowest BCUT2D eigenvalue weighted by Gasteiger charge is -2.09. The molecule has 0 saturated carbocycles. The molecule has 1 heterocycles. The highest BCUT2D eigenvalue weighted by atomic mass is 33.1. The zero-order valence-electron chi connectivity index (χ0n) is 39.0. The van der Waals surface area contributed by atoms with Gasteiger partial charge in [-0.05, 0) is 19.3 Å². The number of carbonyl (C=O) groups excluding carboxylic acids is 1. The van der Waals surface area contributed by atoms with Gasteiger partial charge in [-0.15, -0.1) is 0 Å². The number of nitrogens with one attached hydrogen (secondary N) is 1. The van der Waals surface area contributed by atoms with Gasteiger partial charge in [0.05, 0.1) is 218 Å². The Hall–Kier alpha value is -1.00. The van der Waals surface area contributed by atoms with E-state index >= 15 is 0 Å². The molecule has 2 N–H and O–H groups in total. The smallest absolute Gasteiger partial charge is 0.305 e. The summed E-state index contributed by atoms with van der Waals surface area (Å²) in [6.07, 6.45) is 5.18. The molecule has 1 saturated heterocycles. The van der Waals surface area contributed by atoms with Gasteiger partial charge in [-0.1, -0.05) is 28.0 Å². The van der Waals surface area contributed by atoms with Crippen molar-refractivity contribution in [3.63, 3.8) is 0 Å². The van der Waals surface area contributed by atoms with E-state index in [-0.39, 0.29) is 18.9 Å². The van der Waals surface area contributed by atoms with E-state index in [1.54, 1.807) is 0 Å². The van der Waals surface area contributed by atoms with E-state index < -0.39 is 5.97 Å². The van der Waals surface area contributed by atoms with Crippen LogP contribution in [0.3, 0.4) is 0 Å². The van der Waals surface area contributed by atoms with E-state index in [4.69, 9.17) is 80.9 Å². The largest absolute Gasteiger partial charge is 0.481 e. The van der Waals surface area contributed by atoms with Crippen LogP contribution in [0.25, 0.3) is 0 Å². The van der Waals surface area contributed by atoms with Crippen LogP contribution in [0, 0.1) is 0 Å². The first-order valence-corrected chi connectivity index (χ1v) is 25.6. The first-order chi connectivity index (χ1) is 32.2. The Morgan fingerprint density at radius 2 is 0.662 bits per heavy atom. The van der Waals surface area contributed by atoms with E-state index in [9.17, 15) is 9.59 Å². The van der Waals surface area contributed by atoms with Gasteiger partial charge >= 0.3 is 5.97 Å². The highest BCUT2D eigenvalue weighted by molar-refractivity contribution is 8.77. The maximum absolute atomic E-state index is 11.9. The molecule has 1 fully saturated rings. The van der Waals surface area contributed by atoms with Crippen LogP contribution in [0.5, 0.6) is 0 Å². The summed E-state index contributed by atoms with van der Waals surface area (Å²) < 4.78 is 87.3. The Morgan fingerprint density at radius 1 is 0.385 bits per heavy atom. The molecule has 0 radical (unpaired) electrons. The molecule has 1 aliphatic heterocycles. The van der Waals surface area contributed by atoms with Crippen molar-refractivity contribution in [1.29, 1.82) is 0 Å². The predicted octanol–water partition coefficient (Wildman–Crippen LogP) is 2.56. The van der Waals surface area contributed by atoms with E-state index in [0.717, 1.165) is 18.1 Å². The molecule has 386 valence electrons. The lowest BCUT2D eigenvalue weighted by Crippen LogP contribution is -2.27. The van der Waals surface area contributed by atoms with Crippen LogP contribution >= 0.6 is 21.6 Å². The fraction of sp³-hybridized carbons (Fsp3) is 0.953. The lowest BCUT2D eigenvalue weighted by atomic mass is 10.1. The monoisotopic (exact) mass is 982 g/mol. The molecular weight excluding hydrogens is 899 g/mol. The summed E-state index contributed by atoms with van der Waals surface area (Å²) in [4.78, 5) is 22.3. The number of carboxylic acid groups (broad SMARTS) is 1. The van der Waals surface area contributed by atoms with Crippen LogP contribution in [0.4, 0.5) is 0 Å². The highest BCUT2D eigenvalue weighted by Gasteiger charge is 2.15. The van der Waals surface area contributed by atoms with Gasteiger partial charge < -0.3 is 86.2 Å². The number of carbonyl (C=O) groups is 2. The third kappa shape index (κ3) is 52.2. The van der Waals surface area contributed by atoms with Crippen molar-refractivity contribution in [1.82, 2.24) is 5.32 Å². The Kier molecular flexibility index (Phi) is 51.5. The molecule has 0 aliphatic carbocycles. The molecule has 20 nitrogen and oxygen atoms in total. The van der Waals surface area contributed by atoms with E-state index in [1.807, 2.05) is 21.6 Å². The third-order valence-corrected chi connectivity index (χ3v) is 11.5. The minimum atomic E-state index is -0.878. The summed E-state index contributed by atoms with van der Waals surface area (Å²) in [5.74, 6) is 0.486. The number of aliphatic carboxylic acids is 1. The molecule has 1 rings (SSSR count). The molecule has 1 atom stereocenters. The Bertz CT molecular complexity index is 980. The highest BCUT2D eigenvalue weighted by Crippen LogP contribution is 2.39. The van der Waals surface area contributed by atoms with Gasteiger partial charge in [0.15, 0.2) is 0 Å². The fourth-order valence-corrected chi connectivity index (χ4v) is 8.16. The van der Waals surface area contributed by atoms with Gasteiger partial charge in [0, 0.05) is 24.0 Å². The van der Waals surface area contributed by atoms with Crippen molar-refractivity contribution in [2.45, 2.75) is 43.8 Å². The minimum absolute atomic E-state index is 0.00740. The predicted molar refractivity (Wildman–Crippen MR) is 245 cm³/mol. The molecular formula is C43H83NO19S2. The second-order valence-electron chi connectivity index (χ2n) is 13.9. The summed E-state index contributed by atoms with van der Waals surface area (Å²) in [5, 5.41) is 12.2. The summed E-state index contributed by atoms with van der Waals surface area (Å²) in [7, 11) is 3.96. The van der Waals surface area contributed by atoms with Crippen molar-refractivity contribution < 1.29 is 90.5 Å². The van der Waals surface area contributed by atoms with Crippen LogP contribution < -0.4 is 5.32 Å². The molecule has 0 spiro atoms. The molecule has 65 heavy (non-hydrogen) atoms. The van der Waals surface area contributed by atoms with Gasteiger partial charge in [-0.2, -0.15) is 0 Å². The maximum atomic E-state index is 11.9. The molecule has 22 heteroatoms.